The minimum absolute atomic E-state index is 0.0285. The van der Waals surface area contributed by atoms with E-state index < -0.39 is 11.8 Å². The minimum atomic E-state index is -0.479. The van der Waals surface area contributed by atoms with Crippen LogP contribution in [0.15, 0.2) is 84.4 Å². The molecule has 0 bridgehead atoms. The first-order valence-corrected chi connectivity index (χ1v) is 9.38. The molecule has 0 aliphatic carbocycles. The molecule has 1 aliphatic heterocycles. The Hall–Kier alpha value is -3.57. The number of para-hydroxylation sites is 1. The topological polar surface area (TPSA) is 58.6 Å². The molecule has 1 saturated heterocycles. The van der Waals surface area contributed by atoms with Crippen LogP contribution in [0.2, 0.25) is 5.02 Å². The van der Waals surface area contributed by atoms with Crippen molar-refractivity contribution in [2.45, 2.75) is 6.61 Å². The Bertz CT molecular complexity index is 1100. The van der Waals surface area contributed by atoms with Gasteiger partial charge in [0.15, 0.2) is 0 Å². The molecule has 6 heteroatoms. The van der Waals surface area contributed by atoms with Crippen molar-refractivity contribution in [3.8, 4) is 5.75 Å². The third-order valence-electron chi connectivity index (χ3n) is 4.41. The van der Waals surface area contributed by atoms with E-state index >= 15 is 0 Å². The molecule has 5 nitrogen and oxygen atoms in total. The van der Waals surface area contributed by atoms with E-state index in [0.717, 1.165) is 5.56 Å². The van der Waals surface area contributed by atoms with Crippen LogP contribution in [0.25, 0.3) is 6.08 Å². The monoisotopic (exact) mass is 404 g/mol. The van der Waals surface area contributed by atoms with Gasteiger partial charge in [-0.1, -0.05) is 66.2 Å². The van der Waals surface area contributed by atoms with E-state index in [-0.39, 0.29) is 5.57 Å². The molecule has 3 aromatic carbocycles. The average Bonchev–Trinajstić information content (AvgIpc) is 3.02. The number of amides is 2. The Kier molecular flexibility index (Phi) is 5.31. The van der Waals surface area contributed by atoms with Crippen LogP contribution in [0.5, 0.6) is 5.75 Å². The molecule has 1 N–H and O–H groups in total. The summed E-state index contributed by atoms with van der Waals surface area (Å²) in [5.41, 5.74) is 4.77. The van der Waals surface area contributed by atoms with Crippen LogP contribution in [-0.2, 0) is 16.2 Å². The van der Waals surface area contributed by atoms with Crippen LogP contribution >= 0.6 is 11.6 Å². The van der Waals surface area contributed by atoms with E-state index in [4.69, 9.17) is 16.3 Å². The van der Waals surface area contributed by atoms with Crippen molar-refractivity contribution >= 4 is 35.2 Å². The first kappa shape index (κ1) is 18.8. The SMILES string of the molecule is O=C1NN(c2cccc(Cl)c2)C(=O)/C1=C\c1ccccc1OCc1ccccc1. The standard InChI is InChI=1S/C23H17ClN2O3/c24-18-10-6-11-19(14-18)26-23(28)20(22(27)25-26)13-17-9-4-5-12-21(17)29-15-16-7-2-1-3-8-16/h1-14H,15H2,(H,25,27)/b20-13-. The van der Waals surface area contributed by atoms with Gasteiger partial charge in [0, 0.05) is 10.6 Å². The number of rotatable bonds is 5. The zero-order valence-corrected chi connectivity index (χ0v) is 16.1. The maximum Gasteiger partial charge on any atom is 0.282 e. The van der Waals surface area contributed by atoms with Crippen molar-refractivity contribution in [2.24, 2.45) is 0 Å². The van der Waals surface area contributed by atoms with Gasteiger partial charge in [0.2, 0.25) is 0 Å². The number of hydrogen-bond donors (Lipinski definition) is 1. The highest BCUT2D eigenvalue weighted by atomic mass is 35.5. The Morgan fingerprint density at radius 1 is 0.931 bits per heavy atom. The highest BCUT2D eigenvalue weighted by Gasteiger charge is 2.34. The maximum absolute atomic E-state index is 12.8. The Morgan fingerprint density at radius 3 is 2.48 bits per heavy atom. The van der Waals surface area contributed by atoms with E-state index in [1.165, 1.54) is 5.01 Å². The van der Waals surface area contributed by atoms with Crippen LogP contribution in [0.4, 0.5) is 5.69 Å². The van der Waals surface area contributed by atoms with Crippen molar-refractivity contribution in [2.75, 3.05) is 5.01 Å². The Balaban J connectivity index is 1.59. The van der Waals surface area contributed by atoms with Gasteiger partial charge in [-0.3, -0.25) is 15.0 Å². The average molecular weight is 405 g/mol. The molecule has 29 heavy (non-hydrogen) atoms. The largest absolute Gasteiger partial charge is 0.488 e. The van der Waals surface area contributed by atoms with Gasteiger partial charge in [0.1, 0.15) is 17.9 Å². The molecule has 0 aromatic heterocycles. The summed E-state index contributed by atoms with van der Waals surface area (Å²) in [6.45, 7) is 0.385. The van der Waals surface area contributed by atoms with E-state index in [2.05, 4.69) is 5.43 Å². The minimum Gasteiger partial charge on any atom is -0.488 e. The summed E-state index contributed by atoms with van der Waals surface area (Å²) in [5, 5.41) is 1.66. The molecule has 0 saturated carbocycles. The Morgan fingerprint density at radius 2 is 1.69 bits per heavy atom. The molecular weight excluding hydrogens is 388 g/mol. The third kappa shape index (κ3) is 4.15. The number of ether oxygens (including phenoxy) is 1. The number of anilines is 1. The summed E-state index contributed by atoms with van der Waals surface area (Å²) in [7, 11) is 0. The molecule has 1 heterocycles. The zero-order valence-electron chi connectivity index (χ0n) is 15.3. The number of carbonyl (C=O) groups excluding carboxylic acids is 2. The third-order valence-corrected chi connectivity index (χ3v) is 4.65. The molecule has 1 fully saturated rings. The second-order valence-electron chi connectivity index (χ2n) is 6.43. The number of nitrogens with zero attached hydrogens (tertiary/aromatic N) is 1. The highest BCUT2D eigenvalue weighted by molar-refractivity contribution is 6.33. The lowest BCUT2D eigenvalue weighted by atomic mass is 10.1. The van der Waals surface area contributed by atoms with Crippen LogP contribution in [0.3, 0.4) is 0 Å². The number of hydrogen-bond acceptors (Lipinski definition) is 3. The van der Waals surface area contributed by atoms with Gasteiger partial charge in [-0.2, -0.15) is 0 Å². The fourth-order valence-electron chi connectivity index (χ4n) is 2.98. The van der Waals surface area contributed by atoms with Gasteiger partial charge in [0.25, 0.3) is 11.8 Å². The number of benzene rings is 3. The fourth-order valence-corrected chi connectivity index (χ4v) is 3.16. The van der Waals surface area contributed by atoms with Gasteiger partial charge in [-0.25, -0.2) is 5.01 Å². The second-order valence-corrected chi connectivity index (χ2v) is 6.87. The van der Waals surface area contributed by atoms with Crippen LogP contribution in [0, 0.1) is 0 Å². The van der Waals surface area contributed by atoms with E-state index in [0.29, 0.717) is 28.6 Å². The van der Waals surface area contributed by atoms with Crippen molar-refractivity contribution in [1.29, 1.82) is 0 Å². The number of halogens is 1. The van der Waals surface area contributed by atoms with Gasteiger partial charge < -0.3 is 4.74 Å². The predicted octanol–water partition coefficient (Wildman–Crippen LogP) is 4.38. The number of nitrogens with one attached hydrogen (secondary N) is 1. The molecule has 0 unspecified atom stereocenters. The van der Waals surface area contributed by atoms with Gasteiger partial charge in [0.05, 0.1) is 5.69 Å². The summed E-state index contributed by atoms with van der Waals surface area (Å²) in [6, 6.07) is 23.8. The first-order valence-electron chi connectivity index (χ1n) is 9.00. The molecule has 3 aromatic rings. The number of carbonyl (C=O) groups is 2. The number of hydrazine groups is 1. The van der Waals surface area contributed by atoms with Crippen LogP contribution in [0.1, 0.15) is 11.1 Å². The van der Waals surface area contributed by atoms with Crippen molar-refractivity contribution in [1.82, 2.24) is 5.43 Å². The smallest absolute Gasteiger partial charge is 0.282 e. The highest BCUT2D eigenvalue weighted by Crippen LogP contribution is 2.27. The fraction of sp³-hybridized carbons (Fsp3) is 0.0435. The normalized spacial score (nSPS) is 14.9. The van der Waals surface area contributed by atoms with Gasteiger partial charge in [-0.05, 0) is 35.9 Å². The maximum atomic E-state index is 12.8. The predicted molar refractivity (Wildman–Crippen MR) is 112 cm³/mol. The summed E-state index contributed by atoms with van der Waals surface area (Å²) in [5.74, 6) is -0.339. The molecule has 0 atom stereocenters. The molecule has 4 rings (SSSR count). The van der Waals surface area contributed by atoms with Crippen molar-refractivity contribution in [3.05, 3.63) is 101 Å². The lowest BCUT2D eigenvalue weighted by Crippen LogP contribution is -2.35. The molecular formula is C23H17ClN2O3. The van der Waals surface area contributed by atoms with E-state index in [9.17, 15) is 9.59 Å². The van der Waals surface area contributed by atoms with Crippen molar-refractivity contribution in [3.63, 3.8) is 0 Å². The second kappa shape index (κ2) is 8.20. The lowest BCUT2D eigenvalue weighted by molar-refractivity contribution is -0.117. The first-order chi connectivity index (χ1) is 14.1. The summed E-state index contributed by atoms with van der Waals surface area (Å²) in [6.07, 6.45) is 1.54. The van der Waals surface area contributed by atoms with Gasteiger partial charge >= 0.3 is 0 Å². The summed E-state index contributed by atoms with van der Waals surface area (Å²) < 4.78 is 5.91. The molecule has 0 radical (unpaired) electrons. The van der Waals surface area contributed by atoms with Crippen LogP contribution in [-0.4, -0.2) is 11.8 Å². The lowest BCUT2D eigenvalue weighted by Gasteiger charge is -2.14. The molecule has 0 spiro atoms. The molecule has 144 valence electrons. The molecule has 2 amide bonds. The van der Waals surface area contributed by atoms with Crippen molar-refractivity contribution < 1.29 is 14.3 Å². The summed E-state index contributed by atoms with van der Waals surface area (Å²) >= 11 is 6.00. The van der Waals surface area contributed by atoms with E-state index in [1.54, 1.807) is 42.5 Å². The van der Waals surface area contributed by atoms with E-state index in [1.807, 2.05) is 42.5 Å². The van der Waals surface area contributed by atoms with Crippen LogP contribution < -0.4 is 15.2 Å². The quantitative estimate of drug-likeness (QED) is 0.507. The Labute approximate surface area is 173 Å². The molecule has 1 aliphatic rings. The summed E-state index contributed by atoms with van der Waals surface area (Å²) in [4.78, 5) is 25.2. The zero-order chi connectivity index (χ0) is 20.2. The van der Waals surface area contributed by atoms with Gasteiger partial charge in [-0.15, -0.1) is 0 Å².